The van der Waals surface area contributed by atoms with Crippen LogP contribution in [0.5, 0.6) is 5.75 Å². The molecule has 268 valence electrons. The van der Waals surface area contributed by atoms with Gasteiger partial charge < -0.3 is 30.5 Å². The van der Waals surface area contributed by atoms with Gasteiger partial charge in [-0.25, -0.2) is 5.43 Å². The molecule has 4 rings (SSSR count). The predicted octanol–water partition coefficient (Wildman–Crippen LogP) is 2.62. The summed E-state index contributed by atoms with van der Waals surface area (Å²) in [7, 11) is 3.23. The van der Waals surface area contributed by atoms with Gasteiger partial charge in [-0.2, -0.15) is 0 Å². The van der Waals surface area contributed by atoms with Crippen molar-refractivity contribution in [3.63, 3.8) is 0 Å². The van der Waals surface area contributed by atoms with Crippen LogP contribution in [-0.2, 0) is 48.0 Å². The van der Waals surface area contributed by atoms with Gasteiger partial charge in [0.25, 0.3) is 5.91 Å². The first kappa shape index (κ1) is 37.8. The lowest BCUT2D eigenvalue weighted by Crippen LogP contribution is -2.63. The minimum absolute atomic E-state index is 0.0343. The number of amides is 4. The number of fused-ring (bicyclic) bond motifs is 4. The molecule has 12 nitrogen and oxygen atoms in total. The Hall–Kier alpha value is -4.00. The van der Waals surface area contributed by atoms with Crippen molar-refractivity contribution in [1.82, 2.24) is 26.4 Å². The van der Waals surface area contributed by atoms with Gasteiger partial charge in [-0.3, -0.25) is 24.2 Å². The average Bonchev–Trinajstić information content (AvgIpc) is 3.09. The monoisotopic (exact) mass is 679 g/mol. The van der Waals surface area contributed by atoms with Crippen molar-refractivity contribution < 1.29 is 33.8 Å². The van der Waals surface area contributed by atoms with Crippen LogP contribution in [0.25, 0.3) is 0 Å². The number of aromatic hydroxyl groups is 1. The second kappa shape index (κ2) is 17.6. The summed E-state index contributed by atoms with van der Waals surface area (Å²) in [5.41, 5.74) is 5.77. The highest BCUT2D eigenvalue weighted by atomic mass is 16.5. The molecule has 0 saturated carbocycles. The summed E-state index contributed by atoms with van der Waals surface area (Å²) in [5.74, 6) is -2.56. The zero-order chi connectivity index (χ0) is 35.7. The summed E-state index contributed by atoms with van der Waals surface area (Å²) in [4.78, 5) is 55.0. The van der Waals surface area contributed by atoms with E-state index in [1.54, 1.807) is 39.3 Å². The second-order valence-corrected chi connectivity index (χ2v) is 13.7. The first-order chi connectivity index (χ1) is 23.4. The average molecular weight is 680 g/mol. The van der Waals surface area contributed by atoms with Crippen LogP contribution in [0.1, 0.15) is 63.6 Å². The fourth-order valence-electron chi connectivity index (χ4n) is 6.87. The Morgan fingerprint density at radius 2 is 1.63 bits per heavy atom. The first-order valence-corrected chi connectivity index (χ1v) is 17.3. The molecule has 12 heteroatoms. The van der Waals surface area contributed by atoms with Gasteiger partial charge in [0.15, 0.2) is 0 Å². The molecule has 7 atom stereocenters. The number of nitrogens with one attached hydrogen (secondary N) is 4. The number of rotatable bonds is 5. The molecule has 5 N–H and O–H groups in total. The molecule has 49 heavy (non-hydrogen) atoms. The van der Waals surface area contributed by atoms with Crippen LogP contribution in [-0.4, -0.2) is 84.8 Å². The first-order valence-electron chi connectivity index (χ1n) is 17.3. The molecular weight excluding hydrogens is 626 g/mol. The van der Waals surface area contributed by atoms with Crippen LogP contribution in [0.15, 0.2) is 48.5 Å². The Morgan fingerprint density at radius 3 is 2.33 bits per heavy atom. The van der Waals surface area contributed by atoms with Gasteiger partial charge in [0.1, 0.15) is 23.9 Å². The Labute approximate surface area is 289 Å². The maximum atomic E-state index is 14.1. The maximum absolute atomic E-state index is 14.1. The third-order valence-electron chi connectivity index (χ3n) is 9.74. The zero-order valence-corrected chi connectivity index (χ0v) is 29.5. The fraction of sp³-hybridized carbons (Fsp3) is 0.568. The smallest absolute Gasteiger partial charge is 0.259 e. The lowest BCUT2D eigenvalue weighted by Gasteiger charge is -2.36. The van der Waals surface area contributed by atoms with Crippen molar-refractivity contribution in [3.05, 3.63) is 65.2 Å². The van der Waals surface area contributed by atoms with E-state index in [1.165, 1.54) is 11.1 Å². The molecule has 2 aliphatic heterocycles. The molecule has 4 bridgehead atoms. The van der Waals surface area contributed by atoms with E-state index in [9.17, 15) is 24.3 Å². The summed E-state index contributed by atoms with van der Waals surface area (Å²) in [6.45, 7) is 8.11. The molecule has 0 spiro atoms. The minimum atomic E-state index is -1.05. The van der Waals surface area contributed by atoms with Crippen LogP contribution in [0, 0.1) is 17.8 Å². The van der Waals surface area contributed by atoms with Crippen molar-refractivity contribution in [3.8, 4) is 5.75 Å². The second-order valence-electron chi connectivity index (χ2n) is 13.7. The third kappa shape index (κ3) is 10.0. The predicted molar refractivity (Wildman–Crippen MR) is 185 cm³/mol. The molecule has 7 unspecified atom stereocenters. The molecule has 0 aromatic heterocycles. The van der Waals surface area contributed by atoms with E-state index in [0.717, 1.165) is 17.5 Å². The molecule has 2 heterocycles. The summed E-state index contributed by atoms with van der Waals surface area (Å²) in [5, 5.41) is 20.3. The van der Waals surface area contributed by atoms with Gasteiger partial charge in [-0.05, 0) is 60.4 Å². The molecule has 0 radical (unpaired) electrons. The van der Waals surface area contributed by atoms with Crippen molar-refractivity contribution in [2.75, 3.05) is 20.8 Å². The summed E-state index contributed by atoms with van der Waals surface area (Å²) >= 11 is 0. The van der Waals surface area contributed by atoms with E-state index in [-0.39, 0.29) is 41.9 Å². The highest BCUT2D eigenvalue weighted by molar-refractivity contribution is 5.93. The molecule has 1 fully saturated rings. The number of hydrogen-bond acceptors (Lipinski definition) is 8. The number of ether oxygens (including phenoxy) is 2. The molecule has 2 aliphatic rings. The normalized spacial score (nSPS) is 28.1. The molecule has 0 aliphatic carbocycles. The molecule has 4 amide bonds. The van der Waals surface area contributed by atoms with Gasteiger partial charge in [-0.15, -0.1) is 0 Å². The summed E-state index contributed by atoms with van der Waals surface area (Å²) in [6, 6.07) is 11.9. The number of carbonyl (C=O) groups is 4. The lowest BCUT2D eigenvalue weighted by atomic mass is 9.85. The van der Waals surface area contributed by atoms with E-state index < -0.39 is 42.0 Å². The van der Waals surface area contributed by atoms with E-state index in [2.05, 4.69) is 27.4 Å². The zero-order valence-electron chi connectivity index (χ0n) is 29.5. The number of hydrazine groups is 1. The largest absolute Gasteiger partial charge is 0.508 e. The number of methoxy groups -OCH3 is 2. The minimum Gasteiger partial charge on any atom is -0.508 e. The van der Waals surface area contributed by atoms with Crippen LogP contribution in [0.3, 0.4) is 0 Å². The number of benzene rings is 2. The van der Waals surface area contributed by atoms with E-state index in [0.29, 0.717) is 37.9 Å². The van der Waals surface area contributed by atoms with Crippen molar-refractivity contribution in [2.45, 2.75) is 96.7 Å². The van der Waals surface area contributed by atoms with Crippen molar-refractivity contribution in [1.29, 1.82) is 0 Å². The van der Waals surface area contributed by atoms with Crippen LogP contribution >= 0.6 is 0 Å². The van der Waals surface area contributed by atoms with Gasteiger partial charge in [-0.1, -0.05) is 64.1 Å². The van der Waals surface area contributed by atoms with Crippen LogP contribution in [0.4, 0.5) is 0 Å². The Balaban J connectivity index is 1.67. The van der Waals surface area contributed by atoms with Gasteiger partial charge >= 0.3 is 0 Å². The molecular formula is C37H53N5O7. The number of aryl methyl sites for hydroxylation is 1. The quantitative estimate of drug-likeness (QED) is 0.323. The highest BCUT2D eigenvalue weighted by Gasteiger charge is 2.38. The number of nitrogens with zero attached hydrogens (tertiary/aromatic N) is 1. The Kier molecular flexibility index (Phi) is 13.6. The number of phenolic OH excluding ortho intramolecular Hbond substituents is 1. The standard InChI is InChI=1S/C37H53N5O7/c1-22(2)32-36(46)39-30(20-26-11-8-13-28(43)19-26)37(47)42-17-9-14-29(41-42)35(45)38-21-27-12-7-10-25(18-27)15-16-31(48-5)23(3)33(49-6)24(4)34(44)40-32/h7-8,10-13,18-19,22-24,29-33,41,43H,9,14-17,20-21H2,1-6H3,(H,38,45)(H,39,46)(H,40,44). The van der Waals surface area contributed by atoms with Gasteiger partial charge in [0.05, 0.1) is 18.1 Å². The Bertz CT molecular complexity index is 1450. The van der Waals surface area contributed by atoms with E-state index >= 15 is 0 Å². The van der Waals surface area contributed by atoms with E-state index in [4.69, 9.17) is 9.47 Å². The number of carbonyl (C=O) groups excluding carboxylic acids is 4. The van der Waals surface area contributed by atoms with Crippen molar-refractivity contribution in [2.24, 2.45) is 17.8 Å². The maximum Gasteiger partial charge on any atom is 0.259 e. The molecule has 2 aromatic rings. The fourth-order valence-corrected chi connectivity index (χ4v) is 6.87. The van der Waals surface area contributed by atoms with Crippen LogP contribution < -0.4 is 21.4 Å². The summed E-state index contributed by atoms with van der Waals surface area (Å²) in [6.07, 6.45) is 1.91. The van der Waals surface area contributed by atoms with Gasteiger partial charge in [0.2, 0.25) is 17.7 Å². The SMILES string of the molecule is COC1CCc2cccc(c2)CNC(=O)C2CCCN(N2)C(=O)C(Cc2cccc(O)c2)NC(=O)C(C(C)C)NC(=O)C(C)C(OC)C1C. The Morgan fingerprint density at radius 1 is 0.898 bits per heavy atom. The van der Waals surface area contributed by atoms with E-state index in [1.807, 2.05) is 39.0 Å². The molecule has 2 aromatic carbocycles. The molecule has 1 saturated heterocycles. The topological polar surface area (TPSA) is 158 Å². The van der Waals surface area contributed by atoms with Gasteiger partial charge in [0, 0.05) is 39.6 Å². The van der Waals surface area contributed by atoms with Crippen molar-refractivity contribution >= 4 is 23.6 Å². The number of phenols is 1. The highest BCUT2D eigenvalue weighted by Crippen LogP contribution is 2.25. The summed E-state index contributed by atoms with van der Waals surface area (Å²) < 4.78 is 11.8. The van der Waals surface area contributed by atoms with Crippen LogP contribution in [0.2, 0.25) is 0 Å². The lowest BCUT2D eigenvalue weighted by molar-refractivity contribution is -0.144. The number of hydrogen-bond donors (Lipinski definition) is 5. The third-order valence-corrected chi connectivity index (χ3v) is 9.74.